The van der Waals surface area contributed by atoms with Crippen molar-refractivity contribution in [1.29, 1.82) is 5.26 Å². The third-order valence-corrected chi connectivity index (χ3v) is 3.39. The number of hydrogen-bond donors (Lipinski definition) is 0. The van der Waals surface area contributed by atoms with Crippen molar-refractivity contribution in [1.82, 2.24) is 9.80 Å². The third kappa shape index (κ3) is 3.00. The average Bonchev–Trinajstić information content (AvgIpc) is 2.41. The fraction of sp³-hybridized carbons (Fsp3) is 0.500. The molecule has 0 spiro atoms. The third-order valence-electron chi connectivity index (χ3n) is 3.39. The molecule has 1 fully saturated rings. The Hall–Kier alpha value is -1.57. The van der Waals surface area contributed by atoms with Crippen molar-refractivity contribution in [2.24, 2.45) is 0 Å². The molecule has 0 aromatic heterocycles. The summed E-state index contributed by atoms with van der Waals surface area (Å²) < 4.78 is 5.23. The SMILES string of the molecule is COc1cc(CN2CCN(C)CC2)ccc1C#N. The molecule has 1 aliphatic rings. The van der Waals surface area contributed by atoms with E-state index in [2.05, 4.69) is 22.9 Å². The summed E-state index contributed by atoms with van der Waals surface area (Å²) in [5.41, 5.74) is 1.80. The molecule has 4 nitrogen and oxygen atoms in total. The summed E-state index contributed by atoms with van der Waals surface area (Å²) in [5, 5.41) is 8.95. The highest BCUT2D eigenvalue weighted by Crippen LogP contribution is 2.20. The predicted molar refractivity (Wildman–Crippen MR) is 70.5 cm³/mol. The van der Waals surface area contributed by atoms with Crippen molar-refractivity contribution in [2.75, 3.05) is 40.3 Å². The van der Waals surface area contributed by atoms with Crippen molar-refractivity contribution in [3.8, 4) is 11.8 Å². The zero-order valence-corrected chi connectivity index (χ0v) is 11.0. The minimum Gasteiger partial charge on any atom is -0.495 e. The lowest BCUT2D eigenvalue weighted by Gasteiger charge is -2.32. The van der Waals surface area contributed by atoms with Crippen molar-refractivity contribution in [2.45, 2.75) is 6.54 Å². The molecule has 1 saturated heterocycles. The lowest BCUT2D eigenvalue weighted by Crippen LogP contribution is -2.43. The predicted octanol–water partition coefficient (Wildman–Crippen LogP) is 1.31. The van der Waals surface area contributed by atoms with Gasteiger partial charge in [-0.2, -0.15) is 5.26 Å². The molecule has 96 valence electrons. The van der Waals surface area contributed by atoms with E-state index in [0.29, 0.717) is 11.3 Å². The van der Waals surface area contributed by atoms with Gasteiger partial charge in [-0.1, -0.05) is 6.07 Å². The van der Waals surface area contributed by atoms with Gasteiger partial charge < -0.3 is 9.64 Å². The summed E-state index contributed by atoms with van der Waals surface area (Å²) in [6, 6.07) is 7.96. The zero-order chi connectivity index (χ0) is 13.0. The molecule has 4 heteroatoms. The highest BCUT2D eigenvalue weighted by molar-refractivity contribution is 5.45. The number of nitriles is 1. The molecular weight excluding hydrogens is 226 g/mol. The van der Waals surface area contributed by atoms with Gasteiger partial charge in [0.1, 0.15) is 11.8 Å². The van der Waals surface area contributed by atoms with E-state index in [4.69, 9.17) is 10.00 Å². The van der Waals surface area contributed by atoms with Crippen LogP contribution < -0.4 is 4.74 Å². The quantitative estimate of drug-likeness (QED) is 0.805. The van der Waals surface area contributed by atoms with Gasteiger partial charge in [0, 0.05) is 32.7 Å². The normalized spacial score (nSPS) is 17.4. The van der Waals surface area contributed by atoms with Crippen molar-refractivity contribution >= 4 is 0 Å². The molecule has 1 aromatic carbocycles. The van der Waals surface area contributed by atoms with Crippen LogP contribution in [0.2, 0.25) is 0 Å². The van der Waals surface area contributed by atoms with Crippen LogP contribution in [0.25, 0.3) is 0 Å². The summed E-state index contributed by atoms with van der Waals surface area (Å²) in [4.78, 5) is 4.77. The maximum absolute atomic E-state index is 8.95. The van der Waals surface area contributed by atoms with Crippen molar-refractivity contribution < 1.29 is 4.74 Å². The maximum atomic E-state index is 8.95. The minimum atomic E-state index is 0.597. The van der Waals surface area contributed by atoms with E-state index in [-0.39, 0.29) is 0 Å². The molecule has 0 N–H and O–H groups in total. The van der Waals surface area contributed by atoms with Gasteiger partial charge in [-0.15, -0.1) is 0 Å². The van der Waals surface area contributed by atoms with E-state index in [1.165, 1.54) is 5.56 Å². The second-order valence-electron chi connectivity index (χ2n) is 4.73. The summed E-state index contributed by atoms with van der Waals surface area (Å²) >= 11 is 0. The van der Waals surface area contributed by atoms with Crippen LogP contribution in [-0.4, -0.2) is 50.1 Å². The van der Waals surface area contributed by atoms with E-state index < -0.39 is 0 Å². The highest BCUT2D eigenvalue weighted by Gasteiger charge is 2.14. The van der Waals surface area contributed by atoms with Crippen LogP contribution in [-0.2, 0) is 6.54 Å². The van der Waals surface area contributed by atoms with E-state index >= 15 is 0 Å². The molecular formula is C14H19N3O. The Morgan fingerprint density at radius 1 is 1.28 bits per heavy atom. The van der Waals surface area contributed by atoms with Gasteiger partial charge in [-0.05, 0) is 24.7 Å². The molecule has 0 radical (unpaired) electrons. The lowest BCUT2D eigenvalue weighted by molar-refractivity contribution is 0.148. The molecule has 0 unspecified atom stereocenters. The average molecular weight is 245 g/mol. The van der Waals surface area contributed by atoms with Crippen LogP contribution in [0.15, 0.2) is 18.2 Å². The van der Waals surface area contributed by atoms with Crippen molar-refractivity contribution in [3.05, 3.63) is 29.3 Å². The molecule has 0 atom stereocenters. The molecule has 1 aromatic rings. The first-order chi connectivity index (χ1) is 8.72. The number of nitrogens with zero attached hydrogens (tertiary/aromatic N) is 3. The number of methoxy groups -OCH3 is 1. The fourth-order valence-corrected chi connectivity index (χ4v) is 2.19. The van der Waals surface area contributed by atoms with Gasteiger partial charge in [0.25, 0.3) is 0 Å². The van der Waals surface area contributed by atoms with Gasteiger partial charge in [-0.3, -0.25) is 4.90 Å². The zero-order valence-electron chi connectivity index (χ0n) is 11.0. The van der Waals surface area contributed by atoms with Crippen LogP contribution in [0.1, 0.15) is 11.1 Å². The largest absolute Gasteiger partial charge is 0.495 e. The number of hydrogen-bond acceptors (Lipinski definition) is 4. The second-order valence-corrected chi connectivity index (χ2v) is 4.73. The van der Waals surface area contributed by atoms with Crippen LogP contribution >= 0.6 is 0 Å². The smallest absolute Gasteiger partial charge is 0.136 e. The molecule has 0 saturated carbocycles. The first-order valence-corrected chi connectivity index (χ1v) is 6.21. The molecule has 18 heavy (non-hydrogen) atoms. The van der Waals surface area contributed by atoms with E-state index in [9.17, 15) is 0 Å². The Morgan fingerprint density at radius 3 is 2.61 bits per heavy atom. The Kier molecular flexibility index (Phi) is 4.19. The summed E-state index contributed by atoms with van der Waals surface area (Å²) in [5.74, 6) is 0.670. The van der Waals surface area contributed by atoms with Crippen molar-refractivity contribution in [3.63, 3.8) is 0 Å². The monoisotopic (exact) mass is 245 g/mol. The Labute approximate surface area is 108 Å². The van der Waals surface area contributed by atoms with Crippen LogP contribution in [0.3, 0.4) is 0 Å². The van der Waals surface area contributed by atoms with Gasteiger partial charge >= 0.3 is 0 Å². The maximum Gasteiger partial charge on any atom is 0.136 e. The number of benzene rings is 1. The standard InChI is InChI=1S/C14H19N3O/c1-16-5-7-17(8-6-16)11-12-3-4-13(10-15)14(9-12)18-2/h3-4,9H,5-8,11H2,1-2H3. The van der Waals surface area contributed by atoms with Gasteiger partial charge in [-0.25, -0.2) is 0 Å². The Morgan fingerprint density at radius 2 is 2.00 bits per heavy atom. The molecule has 2 rings (SSSR count). The second kappa shape index (κ2) is 5.85. The molecule has 0 amide bonds. The minimum absolute atomic E-state index is 0.597. The molecule has 1 heterocycles. The summed E-state index contributed by atoms with van der Waals surface area (Å²) in [6.07, 6.45) is 0. The van der Waals surface area contributed by atoms with E-state index in [1.54, 1.807) is 7.11 Å². The van der Waals surface area contributed by atoms with Crippen LogP contribution in [0.5, 0.6) is 5.75 Å². The molecule has 0 bridgehead atoms. The van der Waals surface area contributed by atoms with E-state index in [0.717, 1.165) is 32.7 Å². The van der Waals surface area contributed by atoms with E-state index in [1.807, 2.05) is 18.2 Å². The van der Waals surface area contributed by atoms with Gasteiger partial charge in [0.2, 0.25) is 0 Å². The first-order valence-electron chi connectivity index (χ1n) is 6.21. The number of rotatable bonds is 3. The summed E-state index contributed by atoms with van der Waals surface area (Å²) in [7, 11) is 3.76. The fourth-order valence-electron chi connectivity index (χ4n) is 2.19. The van der Waals surface area contributed by atoms with Crippen LogP contribution in [0, 0.1) is 11.3 Å². The summed E-state index contributed by atoms with van der Waals surface area (Å²) in [6.45, 7) is 5.36. The topological polar surface area (TPSA) is 39.5 Å². The first kappa shape index (κ1) is 12.9. The lowest BCUT2D eigenvalue weighted by atomic mass is 10.1. The van der Waals surface area contributed by atoms with Gasteiger partial charge in [0.05, 0.1) is 12.7 Å². The number of ether oxygens (including phenoxy) is 1. The Balaban J connectivity index is 2.04. The number of likely N-dealkylation sites (N-methyl/N-ethyl adjacent to an activating group) is 1. The molecule has 0 aliphatic carbocycles. The number of piperazine rings is 1. The highest BCUT2D eigenvalue weighted by atomic mass is 16.5. The molecule has 1 aliphatic heterocycles. The van der Waals surface area contributed by atoms with Gasteiger partial charge in [0.15, 0.2) is 0 Å². The van der Waals surface area contributed by atoms with Crippen LogP contribution in [0.4, 0.5) is 0 Å². The Bertz CT molecular complexity index is 445.